The van der Waals surface area contributed by atoms with Crippen LogP contribution in [0.1, 0.15) is 28.9 Å². The monoisotopic (exact) mass is 375 g/mol. The molecule has 2 amide bonds. The van der Waals surface area contributed by atoms with Crippen LogP contribution in [0.2, 0.25) is 0 Å². The predicted octanol–water partition coefficient (Wildman–Crippen LogP) is 3.38. The van der Waals surface area contributed by atoms with Gasteiger partial charge in [0.05, 0.1) is 6.54 Å². The summed E-state index contributed by atoms with van der Waals surface area (Å²) in [5.41, 5.74) is 2.76. The van der Waals surface area contributed by atoms with Gasteiger partial charge in [0.1, 0.15) is 5.69 Å². The molecule has 0 radical (unpaired) electrons. The Labute approximate surface area is 164 Å². The molecule has 2 heterocycles. The third-order valence-electron chi connectivity index (χ3n) is 5.51. The summed E-state index contributed by atoms with van der Waals surface area (Å²) in [6.07, 6.45) is 3.09. The van der Waals surface area contributed by atoms with Crippen LogP contribution in [0.3, 0.4) is 0 Å². The van der Waals surface area contributed by atoms with E-state index in [-0.39, 0.29) is 18.4 Å². The molecular formula is C23H25N3O2. The highest BCUT2D eigenvalue weighted by Gasteiger charge is 2.23. The van der Waals surface area contributed by atoms with Gasteiger partial charge in [0, 0.05) is 24.0 Å². The fraction of sp³-hybridized carbons (Fsp3) is 0.304. The third-order valence-corrected chi connectivity index (χ3v) is 5.51. The number of aromatic nitrogens is 1. The summed E-state index contributed by atoms with van der Waals surface area (Å²) in [7, 11) is 0. The molecule has 5 heteroatoms. The number of piperidine rings is 1. The average molecular weight is 375 g/mol. The summed E-state index contributed by atoms with van der Waals surface area (Å²) in [5.74, 6) is 0.360. The maximum Gasteiger partial charge on any atom is 0.268 e. The molecule has 1 aliphatic rings. The molecule has 0 aliphatic carbocycles. The smallest absolute Gasteiger partial charge is 0.268 e. The van der Waals surface area contributed by atoms with Crippen LogP contribution in [0, 0.1) is 5.92 Å². The summed E-state index contributed by atoms with van der Waals surface area (Å²) >= 11 is 0. The standard InChI is InChI=1S/C23H25N3O2/c27-22(16-24-23(28)21-15-19-8-4-5-9-20(19)25-21)26-12-10-18(11-13-26)14-17-6-2-1-3-7-17/h1-9,15,18,25H,10-14,16H2,(H,24,28). The van der Waals surface area contributed by atoms with E-state index >= 15 is 0 Å². The topological polar surface area (TPSA) is 65.2 Å². The third kappa shape index (κ3) is 4.25. The number of para-hydroxylation sites is 1. The van der Waals surface area contributed by atoms with Crippen molar-refractivity contribution in [3.8, 4) is 0 Å². The van der Waals surface area contributed by atoms with Crippen molar-refractivity contribution in [3.05, 3.63) is 71.9 Å². The first kappa shape index (κ1) is 18.3. The highest BCUT2D eigenvalue weighted by molar-refractivity contribution is 5.99. The molecule has 0 atom stereocenters. The Balaban J connectivity index is 1.25. The summed E-state index contributed by atoms with van der Waals surface area (Å²) in [5, 5.41) is 3.73. The molecule has 3 aromatic rings. The zero-order valence-electron chi connectivity index (χ0n) is 15.9. The summed E-state index contributed by atoms with van der Waals surface area (Å²) in [6.45, 7) is 1.56. The highest BCUT2D eigenvalue weighted by atomic mass is 16.2. The molecule has 5 nitrogen and oxygen atoms in total. The van der Waals surface area contributed by atoms with Crippen molar-refractivity contribution in [1.82, 2.24) is 15.2 Å². The number of carbonyl (C=O) groups is 2. The zero-order valence-corrected chi connectivity index (χ0v) is 15.9. The second-order valence-corrected chi connectivity index (χ2v) is 7.47. The highest BCUT2D eigenvalue weighted by Crippen LogP contribution is 2.21. The number of H-pyrrole nitrogens is 1. The molecule has 1 aliphatic heterocycles. The fourth-order valence-electron chi connectivity index (χ4n) is 3.89. The van der Waals surface area contributed by atoms with Gasteiger partial charge in [-0.3, -0.25) is 9.59 Å². The van der Waals surface area contributed by atoms with E-state index in [2.05, 4.69) is 34.6 Å². The lowest BCUT2D eigenvalue weighted by molar-refractivity contribution is -0.131. The van der Waals surface area contributed by atoms with Crippen LogP contribution >= 0.6 is 0 Å². The number of likely N-dealkylation sites (tertiary alicyclic amines) is 1. The molecule has 0 unspecified atom stereocenters. The largest absolute Gasteiger partial charge is 0.351 e. The minimum atomic E-state index is -0.247. The van der Waals surface area contributed by atoms with E-state index in [4.69, 9.17) is 0 Å². The first-order chi connectivity index (χ1) is 13.7. The van der Waals surface area contributed by atoms with Crippen LogP contribution in [0.4, 0.5) is 0 Å². The van der Waals surface area contributed by atoms with Crippen LogP contribution in [0.25, 0.3) is 10.9 Å². The lowest BCUT2D eigenvalue weighted by Crippen LogP contribution is -2.44. The van der Waals surface area contributed by atoms with E-state index < -0.39 is 0 Å². The SMILES string of the molecule is O=C(NCC(=O)N1CCC(Cc2ccccc2)CC1)c1cc2ccccc2[nH]1. The van der Waals surface area contributed by atoms with Crippen molar-refractivity contribution in [3.63, 3.8) is 0 Å². The minimum absolute atomic E-state index is 0.0115. The maximum atomic E-state index is 12.5. The number of nitrogens with one attached hydrogen (secondary N) is 2. The molecule has 2 aromatic carbocycles. The minimum Gasteiger partial charge on any atom is -0.351 e. The van der Waals surface area contributed by atoms with E-state index in [0.29, 0.717) is 11.6 Å². The first-order valence-corrected chi connectivity index (χ1v) is 9.87. The van der Waals surface area contributed by atoms with Gasteiger partial charge >= 0.3 is 0 Å². The van der Waals surface area contributed by atoms with Crippen molar-refractivity contribution in [1.29, 1.82) is 0 Å². The van der Waals surface area contributed by atoms with Gasteiger partial charge in [-0.25, -0.2) is 0 Å². The molecule has 4 rings (SSSR count). The summed E-state index contributed by atoms with van der Waals surface area (Å²) in [4.78, 5) is 29.8. The van der Waals surface area contributed by atoms with E-state index in [1.165, 1.54) is 5.56 Å². The summed E-state index contributed by atoms with van der Waals surface area (Å²) in [6, 6.07) is 20.1. The van der Waals surface area contributed by atoms with Gasteiger partial charge in [0.2, 0.25) is 5.91 Å². The van der Waals surface area contributed by atoms with Gasteiger partial charge in [-0.1, -0.05) is 48.5 Å². The molecule has 1 fully saturated rings. The zero-order chi connectivity index (χ0) is 19.3. The average Bonchev–Trinajstić information content (AvgIpc) is 3.17. The van der Waals surface area contributed by atoms with E-state index in [1.807, 2.05) is 41.3 Å². The van der Waals surface area contributed by atoms with Crippen LogP contribution in [-0.4, -0.2) is 41.3 Å². The van der Waals surface area contributed by atoms with Gasteiger partial charge in [0.25, 0.3) is 5.91 Å². The number of hydrogen-bond acceptors (Lipinski definition) is 2. The molecule has 1 saturated heterocycles. The summed E-state index contributed by atoms with van der Waals surface area (Å²) < 4.78 is 0. The Morgan fingerprint density at radius 3 is 2.46 bits per heavy atom. The second-order valence-electron chi connectivity index (χ2n) is 7.47. The molecule has 28 heavy (non-hydrogen) atoms. The van der Waals surface area contributed by atoms with Crippen LogP contribution in [-0.2, 0) is 11.2 Å². The Bertz CT molecular complexity index is 923. The van der Waals surface area contributed by atoms with Crippen molar-refractivity contribution in [2.45, 2.75) is 19.3 Å². The lowest BCUT2D eigenvalue weighted by atomic mass is 9.90. The van der Waals surface area contributed by atoms with E-state index in [0.717, 1.165) is 43.3 Å². The first-order valence-electron chi connectivity index (χ1n) is 9.87. The Kier molecular flexibility index (Phi) is 5.42. The lowest BCUT2D eigenvalue weighted by Gasteiger charge is -2.32. The Hall–Kier alpha value is -3.08. The number of nitrogens with zero attached hydrogens (tertiary/aromatic N) is 1. The van der Waals surface area contributed by atoms with Crippen LogP contribution in [0.5, 0.6) is 0 Å². The molecule has 144 valence electrons. The van der Waals surface area contributed by atoms with Crippen molar-refractivity contribution < 1.29 is 9.59 Å². The Morgan fingerprint density at radius 1 is 1.00 bits per heavy atom. The molecule has 0 spiro atoms. The number of rotatable bonds is 5. The van der Waals surface area contributed by atoms with Gasteiger partial charge in [-0.05, 0) is 42.9 Å². The second kappa shape index (κ2) is 8.30. The molecule has 0 saturated carbocycles. The normalized spacial score (nSPS) is 14.9. The van der Waals surface area contributed by atoms with Crippen LogP contribution < -0.4 is 5.32 Å². The number of fused-ring (bicyclic) bond motifs is 1. The number of amides is 2. The number of carbonyl (C=O) groups excluding carboxylic acids is 2. The number of benzene rings is 2. The number of hydrogen-bond donors (Lipinski definition) is 2. The van der Waals surface area contributed by atoms with Gasteiger partial charge in [-0.15, -0.1) is 0 Å². The molecule has 2 N–H and O–H groups in total. The van der Waals surface area contributed by atoms with Gasteiger partial charge in [-0.2, -0.15) is 0 Å². The quantitative estimate of drug-likeness (QED) is 0.718. The van der Waals surface area contributed by atoms with Gasteiger partial charge in [0.15, 0.2) is 0 Å². The van der Waals surface area contributed by atoms with Crippen molar-refractivity contribution in [2.75, 3.05) is 19.6 Å². The maximum absolute atomic E-state index is 12.5. The predicted molar refractivity (Wildman–Crippen MR) is 110 cm³/mol. The molecule has 0 bridgehead atoms. The Morgan fingerprint density at radius 2 is 1.71 bits per heavy atom. The fourth-order valence-corrected chi connectivity index (χ4v) is 3.89. The van der Waals surface area contributed by atoms with E-state index in [9.17, 15) is 9.59 Å². The number of aromatic amines is 1. The molecular weight excluding hydrogens is 350 g/mol. The van der Waals surface area contributed by atoms with Crippen LogP contribution in [0.15, 0.2) is 60.7 Å². The van der Waals surface area contributed by atoms with Crippen molar-refractivity contribution >= 4 is 22.7 Å². The molecule has 1 aromatic heterocycles. The van der Waals surface area contributed by atoms with Crippen molar-refractivity contribution in [2.24, 2.45) is 5.92 Å². The van der Waals surface area contributed by atoms with E-state index in [1.54, 1.807) is 0 Å². The van der Waals surface area contributed by atoms with Gasteiger partial charge < -0.3 is 15.2 Å².